The van der Waals surface area contributed by atoms with E-state index in [4.69, 9.17) is 0 Å². The van der Waals surface area contributed by atoms with E-state index in [0.29, 0.717) is 6.92 Å². The minimum Gasteiger partial charge on any atom is -0.434 e. The Balaban J connectivity index is 1.78. The number of para-hydroxylation sites is 1. The molecule has 0 aromatic heterocycles. The topological polar surface area (TPSA) is 63.7 Å². The van der Waals surface area contributed by atoms with Crippen molar-refractivity contribution in [2.45, 2.75) is 42.9 Å². The second kappa shape index (κ2) is 8.38. The molecule has 0 unspecified atom stereocenters. The number of hydrogen-bond acceptors (Lipinski definition) is 4. The number of halogens is 4. The van der Waals surface area contributed by atoms with Crippen LogP contribution in [-0.2, 0) is 15.8 Å². The maximum atomic E-state index is 13.7. The van der Waals surface area contributed by atoms with Gasteiger partial charge >= 0.3 is 6.61 Å². The zero-order valence-corrected chi connectivity index (χ0v) is 18.5. The van der Waals surface area contributed by atoms with Crippen molar-refractivity contribution in [3.63, 3.8) is 0 Å². The Kier molecular flexibility index (Phi) is 6.29. The molecular weight excluding hydrogens is 450 g/mol. The van der Waals surface area contributed by atoms with Gasteiger partial charge < -0.3 is 9.64 Å². The number of benzene rings is 2. The third-order valence-electron chi connectivity index (χ3n) is 5.83. The van der Waals surface area contributed by atoms with E-state index in [-0.39, 0.29) is 29.3 Å². The van der Waals surface area contributed by atoms with Crippen molar-refractivity contribution in [3.05, 3.63) is 59.7 Å². The molecule has 1 saturated heterocycles. The molecule has 0 bridgehead atoms. The molecule has 0 atom stereocenters. The van der Waals surface area contributed by atoms with Crippen molar-refractivity contribution >= 4 is 15.7 Å². The fraction of sp³-hybridized carbons (Fsp3) is 0.409. The molecular formula is C22H23F4NO4S. The molecule has 0 N–H and O–H groups in total. The number of ether oxygens (including phenoxy) is 1. The van der Waals surface area contributed by atoms with Gasteiger partial charge in [-0.05, 0) is 38.1 Å². The van der Waals surface area contributed by atoms with E-state index in [1.54, 1.807) is 0 Å². The van der Waals surface area contributed by atoms with Crippen molar-refractivity contribution in [2.75, 3.05) is 13.1 Å². The molecule has 1 amide bonds. The number of sulfone groups is 1. The minimum absolute atomic E-state index is 0.0511. The Labute approximate surface area is 183 Å². The molecule has 174 valence electrons. The van der Waals surface area contributed by atoms with Crippen LogP contribution in [-0.4, -0.2) is 43.7 Å². The van der Waals surface area contributed by atoms with Gasteiger partial charge in [-0.1, -0.05) is 24.3 Å². The van der Waals surface area contributed by atoms with Crippen LogP contribution < -0.4 is 4.74 Å². The molecule has 0 aliphatic carbocycles. The smallest absolute Gasteiger partial charge is 0.387 e. The highest BCUT2D eigenvalue weighted by Gasteiger charge is 2.49. The van der Waals surface area contributed by atoms with Crippen LogP contribution in [0.2, 0.25) is 0 Å². The Hall–Kier alpha value is -2.62. The molecule has 0 spiro atoms. The number of amides is 1. The van der Waals surface area contributed by atoms with Crippen molar-refractivity contribution in [1.29, 1.82) is 0 Å². The Morgan fingerprint density at radius 2 is 1.69 bits per heavy atom. The summed E-state index contributed by atoms with van der Waals surface area (Å²) in [7, 11) is -4.01. The molecule has 5 nitrogen and oxygen atoms in total. The maximum Gasteiger partial charge on any atom is 0.387 e. The lowest BCUT2D eigenvalue weighted by Crippen LogP contribution is -2.59. The SMILES string of the molecule is CC(F)(F)c1cccc(S(=O)(=O)C(C)(C)C2CN(C(=O)c3ccccc3OC(F)F)C2)c1. The summed E-state index contributed by atoms with van der Waals surface area (Å²) >= 11 is 0. The number of hydrogen-bond donors (Lipinski definition) is 0. The first kappa shape index (κ1) is 24.0. The molecule has 3 rings (SSSR count). The van der Waals surface area contributed by atoms with Crippen LogP contribution in [0.5, 0.6) is 5.75 Å². The van der Waals surface area contributed by atoms with E-state index in [9.17, 15) is 30.8 Å². The maximum absolute atomic E-state index is 13.7. The summed E-state index contributed by atoms with van der Waals surface area (Å²) in [6.45, 7) is 0.701. The van der Waals surface area contributed by atoms with Gasteiger partial charge in [-0.15, -0.1) is 0 Å². The van der Waals surface area contributed by atoms with Gasteiger partial charge in [0.1, 0.15) is 5.75 Å². The van der Waals surface area contributed by atoms with Crippen LogP contribution in [0.3, 0.4) is 0 Å². The fourth-order valence-corrected chi connectivity index (χ4v) is 5.29. The molecule has 1 heterocycles. The van der Waals surface area contributed by atoms with Gasteiger partial charge in [0.2, 0.25) is 0 Å². The number of carbonyl (C=O) groups excluding carboxylic acids is 1. The number of carbonyl (C=O) groups is 1. The predicted molar refractivity (Wildman–Crippen MR) is 110 cm³/mol. The predicted octanol–water partition coefficient (Wildman–Crippen LogP) is 4.72. The van der Waals surface area contributed by atoms with Crippen LogP contribution in [0.4, 0.5) is 17.6 Å². The number of nitrogens with zero attached hydrogens (tertiary/aromatic N) is 1. The summed E-state index contributed by atoms with van der Waals surface area (Å²) in [4.78, 5) is 13.9. The van der Waals surface area contributed by atoms with Crippen LogP contribution in [0.1, 0.15) is 36.7 Å². The van der Waals surface area contributed by atoms with E-state index < -0.39 is 44.5 Å². The molecule has 0 radical (unpaired) electrons. The molecule has 2 aromatic rings. The quantitative estimate of drug-likeness (QED) is 0.546. The van der Waals surface area contributed by atoms with Crippen molar-refractivity contribution in [2.24, 2.45) is 5.92 Å². The third kappa shape index (κ3) is 4.46. The highest BCUT2D eigenvalue weighted by atomic mass is 32.2. The first-order valence-electron chi connectivity index (χ1n) is 9.81. The Bertz CT molecular complexity index is 1110. The lowest BCUT2D eigenvalue weighted by atomic mass is 9.87. The van der Waals surface area contributed by atoms with Crippen molar-refractivity contribution < 1.29 is 35.5 Å². The van der Waals surface area contributed by atoms with Gasteiger partial charge in [-0.3, -0.25) is 4.79 Å². The standard InChI is InChI=1S/C22H23F4NO4S/c1-21(2,32(29,30)16-8-6-7-14(11-16)22(3,25)26)15-12-27(13-15)19(28)17-9-4-5-10-18(17)31-20(23)24/h4-11,15,20H,12-13H2,1-3H3. The van der Waals surface area contributed by atoms with Gasteiger partial charge in [0, 0.05) is 31.5 Å². The summed E-state index contributed by atoms with van der Waals surface area (Å²) in [6, 6.07) is 10.2. The van der Waals surface area contributed by atoms with Gasteiger partial charge in [-0.25, -0.2) is 17.2 Å². The highest BCUT2D eigenvalue weighted by Crippen LogP contribution is 2.39. The summed E-state index contributed by atoms with van der Waals surface area (Å²) in [6.07, 6.45) is 0. The third-order valence-corrected chi connectivity index (χ3v) is 8.42. The Morgan fingerprint density at radius 1 is 1.06 bits per heavy atom. The molecule has 1 aliphatic heterocycles. The average Bonchev–Trinajstić information content (AvgIpc) is 2.65. The van der Waals surface area contributed by atoms with Crippen molar-refractivity contribution in [3.8, 4) is 5.75 Å². The fourth-order valence-electron chi connectivity index (χ4n) is 3.56. The molecule has 10 heteroatoms. The van der Waals surface area contributed by atoms with Crippen LogP contribution in [0.15, 0.2) is 53.4 Å². The second-order valence-electron chi connectivity index (χ2n) is 8.30. The molecule has 0 saturated carbocycles. The summed E-state index contributed by atoms with van der Waals surface area (Å²) in [5.74, 6) is -4.49. The van der Waals surface area contributed by atoms with Gasteiger partial charge in [0.25, 0.3) is 11.8 Å². The van der Waals surface area contributed by atoms with Crippen LogP contribution in [0, 0.1) is 5.92 Å². The summed E-state index contributed by atoms with van der Waals surface area (Å²) in [5.41, 5.74) is -0.458. The van der Waals surface area contributed by atoms with Gasteiger partial charge in [-0.2, -0.15) is 8.78 Å². The first-order chi connectivity index (χ1) is 14.7. The zero-order chi connectivity index (χ0) is 23.9. The molecule has 1 aliphatic rings. The number of likely N-dealkylation sites (tertiary alicyclic amines) is 1. The first-order valence-corrected chi connectivity index (χ1v) is 11.3. The van der Waals surface area contributed by atoms with E-state index in [0.717, 1.165) is 12.1 Å². The monoisotopic (exact) mass is 473 g/mol. The van der Waals surface area contributed by atoms with Crippen molar-refractivity contribution in [1.82, 2.24) is 4.90 Å². The van der Waals surface area contributed by atoms with E-state index in [2.05, 4.69) is 4.74 Å². The largest absolute Gasteiger partial charge is 0.434 e. The average molecular weight is 473 g/mol. The lowest BCUT2D eigenvalue weighted by molar-refractivity contribution is -0.0504. The van der Waals surface area contributed by atoms with Gasteiger partial charge in [0.05, 0.1) is 15.2 Å². The normalized spacial score (nSPS) is 15.6. The molecule has 1 fully saturated rings. The molecule has 2 aromatic carbocycles. The van der Waals surface area contributed by atoms with E-state index in [1.165, 1.54) is 55.1 Å². The number of rotatable bonds is 7. The van der Waals surface area contributed by atoms with E-state index in [1.807, 2.05) is 0 Å². The van der Waals surface area contributed by atoms with Crippen LogP contribution in [0.25, 0.3) is 0 Å². The summed E-state index contributed by atoms with van der Waals surface area (Å²) in [5, 5.41) is 0. The Morgan fingerprint density at radius 3 is 2.28 bits per heavy atom. The zero-order valence-electron chi connectivity index (χ0n) is 17.7. The minimum atomic E-state index is -4.01. The number of alkyl halides is 4. The lowest BCUT2D eigenvalue weighted by Gasteiger charge is -2.47. The van der Waals surface area contributed by atoms with Gasteiger partial charge in [0.15, 0.2) is 9.84 Å². The molecule has 32 heavy (non-hydrogen) atoms. The van der Waals surface area contributed by atoms with Crippen LogP contribution >= 0.6 is 0 Å². The highest BCUT2D eigenvalue weighted by molar-refractivity contribution is 7.92. The van der Waals surface area contributed by atoms with E-state index >= 15 is 0 Å². The summed E-state index contributed by atoms with van der Waals surface area (Å²) < 4.78 is 82.1. The second-order valence-corrected chi connectivity index (χ2v) is 10.8.